The molecule has 0 saturated heterocycles. The first kappa shape index (κ1) is 14.8. The van der Waals surface area contributed by atoms with Gasteiger partial charge in [0, 0.05) is 0 Å². The van der Waals surface area contributed by atoms with Crippen molar-refractivity contribution in [1.29, 1.82) is 0 Å². The van der Waals surface area contributed by atoms with E-state index in [0.717, 1.165) is 10.4 Å². The number of aromatic nitrogens is 5. The van der Waals surface area contributed by atoms with Crippen molar-refractivity contribution in [3.63, 3.8) is 0 Å². The maximum Gasteiger partial charge on any atom is 0.292 e. The van der Waals surface area contributed by atoms with Crippen LogP contribution >= 0.6 is 0 Å². The quantitative estimate of drug-likeness (QED) is 0.611. The Hall–Kier alpha value is -3.81. The van der Waals surface area contributed by atoms with Crippen LogP contribution in [0, 0.1) is 0 Å². The minimum absolute atomic E-state index is 0.0870. The summed E-state index contributed by atoms with van der Waals surface area (Å²) in [5, 5.41) is 8.60. The number of amides is 1. The van der Waals surface area contributed by atoms with Crippen molar-refractivity contribution in [3.8, 4) is 5.69 Å². The molecule has 4 rings (SSSR count). The smallest absolute Gasteiger partial charge is 0.267 e. The van der Waals surface area contributed by atoms with E-state index in [0.29, 0.717) is 10.9 Å². The average molecular weight is 332 g/mol. The highest BCUT2D eigenvalue weighted by molar-refractivity contribution is 5.98. The second-order valence-electron chi connectivity index (χ2n) is 5.23. The Morgan fingerprint density at radius 3 is 2.60 bits per heavy atom. The first-order valence-electron chi connectivity index (χ1n) is 7.48. The Balaban J connectivity index is 1.62. The third-order valence-corrected chi connectivity index (χ3v) is 3.60. The highest BCUT2D eigenvalue weighted by Crippen LogP contribution is 2.06. The Labute approximate surface area is 141 Å². The summed E-state index contributed by atoms with van der Waals surface area (Å²) in [6.07, 6.45) is 2.60. The van der Waals surface area contributed by atoms with Gasteiger partial charge in [-0.1, -0.05) is 30.3 Å². The zero-order valence-electron chi connectivity index (χ0n) is 12.9. The summed E-state index contributed by atoms with van der Waals surface area (Å²) in [6.45, 7) is 0. The van der Waals surface area contributed by atoms with Crippen LogP contribution in [0.25, 0.3) is 16.6 Å². The number of rotatable bonds is 3. The molecule has 2 heterocycles. The molecule has 0 atom stereocenters. The van der Waals surface area contributed by atoms with Crippen molar-refractivity contribution in [2.45, 2.75) is 0 Å². The maximum absolute atomic E-state index is 12.4. The summed E-state index contributed by atoms with van der Waals surface area (Å²) in [6, 6.07) is 16.1. The molecule has 0 aliphatic heterocycles. The molecule has 2 aromatic carbocycles. The van der Waals surface area contributed by atoms with Crippen LogP contribution in [0.2, 0.25) is 0 Å². The zero-order valence-corrected chi connectivity index (χ0v) is 12.9. The molecular formula is C17H12N6O2. The van der Waals surface area contributed by atoms with E-state index in [2.05, 4.69) is 20.6 Å². The maximum atomic E-state index is 12.4. The van der Waals surface area contributed by atoms with Gasteiger partial charge in [0.2, 0.25) is 0 Å². The fraction of sp³-hybridized carbons (Fsp3) is 0. The lowest BCUT2D eigenvalue weighted by atomic mass is 10.2. The largest absolute Gasteiger partial charge is 0.292 e. The molecule has 122 valence electrons. The molecule has 0 fully saturated rings. The van der Waals surface area contributed by atoms with Crippen LogP contribution in [0.5, 0.6) is 0 Å². The van der Waals surface area contributed by atoms with E-state index in [1.807, 2.05) is 30.3 Å². The molecule has 4 aromatic rings. The topological polar surface area (TPSA) is 94.7 Å². The van der Waals surface area contributed by atoms with Crippen molar-refractivity contribution in [2.24, 2.45) is 0 Å². The molecular weight excluding hydrogens is 320 g/mol. The lowest BCUT2D eigenvalue weighted by Crippen LogP contribution is -2.33. The molecule has 2 aromatic heterocycles. The van der Waals surface area contributed by atoms with E-state index in [1.54, 1.807) is 24.3 Å². The van der Waals surface area contributed by atoms with E-state index in [1.165, 1.54) is 17.3 Å². The molecule has 0 bridgehead atoms. The lowest BCUT2D eigenvalue weighted by molar-refractivity contribution is 0.100. The third-order valence-electron chi connectivity index (χ3n) is 3.60. The van der Waals surface area contributed by atoms with Gasteiger partial charge in [0.1, 0.15) is 6.33 Å². The summed E-state index contributed by atoms with van der Waals surface area (Å²) in [4.78, 5) is 30.2. The number of para-hydroxylation sites is 2. The van der Waals surface area contributed by atoms with Gasteiger partial charge >= 0.3 is 0 Å². The van der Waals surface area contributed by atoms with Gasteiger partial charge in [0.15, 0.2) is 5.69 Å². The Kier molecular flexibility index (Phi) is 3.55. The van der Waals surface area contributed by atoms with E-state index in [-0.39, 0.29) is 11.3 Å². The molecule has 1 amide bonds. The summed E-state index contributed by atoms with van der Waals surface area (Å²) < 4.78 is 1.03. The summed E-state index contributed by atoms with van der Waals surface area (Å²) in [5.74, 6) is -0.554. The number of fused-ring (bicyclic) bond motifs is 1. The minimum Gasteiger partial charge on any atom is -0.267 e. The van der Waals surface area contributed by atoms with Gasteiger partial charge in [0.05, 0.1) is 22.8 Å². The number of benzene rings is 2. The van der Waals surface area contributed by atoms with Gasteiger partial charge in [-0.2, -0.15) is 9.90 Å². The second-order valence-corrected chi connectivity index (χ2v) is 5.23. The van der Waals surface area contributed by atoms with Crippen molar-refractivity contribution in [1.82, 2.24) is 24.7 Å². The number of nitrogens with zero attached hydrogens (tertiary/aromatic N) is 5. The molecule has 0 aliphatic carbocycles. The summed E-state index contributed by atoms with van der Waals surface area (Å²) in [7, 11) is 0. The summed E-state index contributed by atoms with van der Waals surface area (Å²) in [5.41, 5.74) is 3.48. The predicted molar refractivity (Wildman–Crippen MR) is 91.1 cm³/mol. The van der Waals surface area contributed by atoms with Gasteiger partial charge in [0.25, 0.3) is 11.5 Å². The van der Waals surface area contributed by atoms with Gasteiger partial charge in [-0.3, -0.25) is 15.0 Å². The van der Waals surface area contributed by atoms with Gasteiger partial charge < -0.3 is 0 Å². The van der Waals surface area contributed by atoms with Crippen molar-refractivity contribution in [3.05, 3.63) is 83.2 Å². The molecule has 0 radical (unpaired) electrons. The summed E-state index contributed by atoms with van der Waals surface area (Å²) >= 11 is 0. The molecule has 8 nitrogen and oxygen atoms in total. The Morgan fingerprint density at radius 2 is 1.76 bits per heavy atom. The molecule has 0 spiro atoms. The van der Waals surface area contributed by atoms with Crippen molar-refractivity contribution >= 4 is 16.8 Å². The molecule has 0 unspecified atom stereocenters. The van der Waals surface area contributed by atoms with Crippen molar-refractivity contribution in [2.75, 3.05) is 5.43 Å². The van der Waals surface area contributed by atoms with Crippen LogP contribution in [-0.4, -0.2) is 30.6 Å². The van der Waals surface area contributed by atoms with Crippen LogP contribution in [0.1, 0.15) is 10.5 Å². The van der Waals surface area contributed by atoms with Crippen LogP contribution in [0.4, 0.5) is 0 Å². The number of hydrogen-bond donors (Lipinski definition) is 1. The van der Waals surface area contributed by atoms with Gasteiger partial charge in [-0.05, 0) is 24.3 Å². The molecule has 0 saturated carbocycles. The standard InChI is InChI=1S/C17H12N6O2/c24-16(15-10-19-23(20-15)12-6-2-1-3-7-12)21-22-11-18-14-9-5-4-8-13(14)17(22)25/h1-11H,(H,21,24). The predicted octanol–water partition coefficient (Wildman–Crippen LogP) is 1.36. The van der Waals surface area contributed by atoms with Crippen LogP contribution in [-0.2, 0) is 0 Å². The third kappa shape index (κ3) is 2.76. The van der Waals surface area contributed by atoms with Gasteiger partial charge in [-0.25, -0.2) is 9.66 Å². The fourth-order valence-electron chi connectivity index (χ4n) is 2.37. The number of carbonyl (C=O) groups is 1. The van der Waals surface area contributed by atoms with Crippen molar-refractivity contribution < 1.29 is 4.79 Å². The number of hydrogen-bond acceptors (Lipinski definition) is 5. The molecule has 8 heteroatoms. The number of carbonyl (C=O) groups excluding carboxylic acids is 1. The molecule has 1 N–H and O–H groups in total. The lowest BCUT2D eigenvalue weighted by Gasteiger charge is -2.06. The first-order valence-corrected chi connectivity index (χ1v) is 7.48. The van der Waals surface area contributed by atoms with E-state index < -0.39 is 5.91 Å². The average Bonchev–Trinajstić information content (AvgIpc) is 3.15. The van der Waals surface area contributed by atoms with E-state index in [4.69, 9.17) is 0 Å². The first-order chi connectivity index (χ1) is 12.2. The minimum atomic E-state index is -0.554. The molecule has 25 heavy (non-hydrogen) atoms. The highest BCUT2D eigenvalue weighted by Gasteiger charge is 2.13. The highest BCUT2D eigenvalue weighted by atomic mass is 16.2. The zero-order chi connectivity index (χ0) is 17.2. The monoisotopic (exact) mass is 332 g/mol. The SMILES string of the molecule is O=C(Nn1cnc2ccccc2c1=O)c1cnn(-c2ccccc2)n1. The van der Waals surface area contributed by atoms with E-state index >= 15 is 0 Å². The fourth-order valence-corrected chi connectivity index (χ4v) is 2.37. The van der Waals surface area contributed by atoms with Crippen LogP contribution < -0.4 is 11.0 Å². The normalized spacial score (nSPS) is 10.7. The number of nitrogens with one attached hydrogen (secondary N) is 1. The van der Waals surface area contributed by atoms with Gasteiger partial charge in [-0.15, -0.1) is 5.10 Å². The van der Waals surface area contributed by atoms with E-state index in [9.17, 15) is 9.59 Å². The molecule has 0 aliphatic rings. The second kappa shape index (κ2) is 6.00. The van der Waals surface area contributed by atoms with Crippen LogP contribution in [0.3, 0.4) is 0 Å². The van der Waals surface area contributed by atoms with Crippen LogP contribution in [0.15, 0.2) is 71.9 Å². The Morgan fingerprint density at radius 1 is 1.00 bits per heavy atom. The Bertz CT molecular complexity index is 1120.